The van der Waals surface area contributed by atoms with E-state index < -0.39 is 0 Å². The molecule has 0 aromatic rings. The van der Waals surface area contributed by atoms with E-state index >= 15 is 0 Å². The SMILES string of the molecule is C=CC[C@@H]1CC[C@H]2CC(=O)C[C@@]12C. The summed E-state index contributed by atoms with van der Waals surface area (Å²) < 4.78 is 0. The number of hydrogen-bond acceptors (Lipinski definition) is 1. The van der Waals surface area contributed by atoms with Gasteiger partial charge in [0.15, 0.2) is 0 Å². The Morgan fingerprint density at radius 2 is 2.38 bits per heavy atom. The molecule has 0 amide bonds. The molecule has 0 aliphatic heterocycles. The molecular weight excluding hydrogens is 160 g/mol. The van der Waals surface area contributed by atoms with Crippen LogP contribution in [0.25, 0.3) is 0 Å². The Labute approximate surface area is 80.2 Å². The van der Waals surface area contributed by atoms with E-state index in [9.17, 15) is 4.79 Å². The number of fused-ring (bicyclic) bond motifs is 1. The quantitative estimate of drug-likeness (QED) is 0.594. The van der Waals surface area contributed by atoms with Crippen LogP contribution < -0.4 is 0 Å². The van der Waals surface area contributed by atoms with Gasteiger partial charge in [-0.05, 0) is 36.5 Å². The van der Waals surface area contributed by atoms with Crippen molar-refractivity contribution in [1.82, 2.24) is 0 Å². The van der Waals surface area contributed by atoms with Crippen LogP contribution in [-0.4, -0.2) is 5.78 Å². The minimum atomic E-state index is 0.325. The van der Waals surface area contributed by atoms with Gasteiger partial charge in [0.1, 0.15) is 5.78 Å². The average molecular weight is 178 g/mol. The van der Waals surface area contributed by atoms with Gasteiger partial charge in [-0.1, -0.05) is 13.0 Å². The highest BCUT2D eigenvalue weighted by atomic mass is 16.1. The molecule has 0 unspecified atom stereocenters. The fourth-order valence-corrected chi connectivity index (χ4v) is 3.38. The third-order valence-corrected chi connectivity index (χ3v) is 4.23. The molecule has 13 heavy (non-hydrogen) atoms. The Morgan fingerprint density at radius 3 is 3.08 bits per heavy atom. The monoisotopic (exact) mass is 178 g/mol. The molecule has 1 nitrogen and oxygen atoms in total. The van der Waals surface area contributed by atoms with Crippen LogP contribution in [0.4, 0.5) is 0 Å². The van der Waals surface area contributed by atoms with Crippen LogP contribution in [0.1, 0.15) is 39.0 Å². The van der Waals surface area contributed by atoms with E-state index in [1.54, 1.807) is 0 Å². The Morgan fingerprint density at radius 1 is 1.62 bits per heavy atom. The molecule has 2 saturated carbocycles. The molecule has 1 heteroatoms. The van der Waals surface area contributed by atoms with E-state index in [1.165, 1.54) is 12.8 Å². The minimum absolute atomic E-state index is 0.325. The first-order chi connectivity index (χ1) is 6.16. The highest BCUT2D eigenvalue weighted by Crippen LogP contribution is 2.57. The molecule has 3 atom stereocenters. The number of Topliss-reactive ketones (excluding diaryl/α,β-unsaturated/α-hetero) is 1. The molecule has 0 heterocycles. The van der Waals surface area contributed by atoms with Gasteiger partial charge in [0.05, 0.1) is 0 Å². The van der Waals surface area contributed by atoms with Gasteiger partial charge in [-0.15, -0.1) is 6.58 Å². The molecule has 0 aromatic carbocycles. The summed E-state index contributed by atoms with van der Waals surface area (Å²) in [5.41, 5.74) is 0.325. The van der Waals surface area contributed by atoms with Crippen LogP contribution in [-0.2, 0) is 4.79 Å². The first-order valence-electron chi connectivity index (χ1n) is 5.29. The fourth-order valence-electron chi connectivity index (χ4n) is 3.38. The van der Waals surface area contributed by atoms with Crippen LogP contribution in [0.5, 0.6) is 0 Å². The maximum Gasteiger partial charge on any atom is 0.133 e. The second-order valence-corrected chi connectivity index (χ2v) is 4.92. The summed E-state index contributed by atoms with van der Waals surface area (Å²) in [5, 5.41) is 0. The summed E-state index contributed by atoms with van der Waals surface area (Å²) in [6, 6.07) is 0. The third-order valence-electron chi connectivity index (χ3n) is 4.23. The largest absolute Gasteiger partial charge is 0.300 e. The van der Waals surface area contributed by atoms with E-state index in [1.807, 2.05) is 6.08 Å². The zero-order chi connectivity index (χ0) is 9.47. The Hall–Kier alpha value is -0.590. The van der Waals surface area contributed by atoms with Crippen LogP contribution in [0.2, 0.25) is 0 Å². The smallest absolute Gasteiger partial charge is 0.133 e. The van der Waals surface area contributed by atoms with E-state index in [4.69, 9.17) is 0 Å². The summed E-state index contributed by atoms with van der Waals surface area (Å²) in [7, 11) is 0. The molecule has 0 spiro atoms. The van der Waals surface area contributed by atoms with Crippen molar-refractivity contribution in [3.05, 3.63) is 12.7 Å². The van der Waals surface area contributed by atoms with Gasteiger partial charge in [-0.2, -0.15) is 0 Å². The predicted molar refractivity (Wildman–Crippen MR) is 53.4 cm³/mol. The molecular formula is C12H18O. The zero-order valence-corrected chi connectivity index (χ0v) is 8.38. The first kappa shape index (κ1) is 8.98. The van der Waals surface area contributed by atoms with Crippen molar-refractivity contribution in [1.29, 1.82) is 0 Å². The fraction of sp³-hybridized carbons (Fsp3) is 0.750. The van der Waals surface area contributed by atoms with Crippen molar-refractivity contribution in [2.75, 3.05) is 0 Å². The van der Waals surface area contributed by atoms with Crippen molar-refractivity contribution in [2.45, 2.75) is 39.0 Å². The summed E-state index contributed by atoms with van der Waals surface area (Å²) >= 11 is 0. The second kappa shape index (κ2) is 2.97. The summed E-state index contributed by atoms with van der Waals surface area (Å²) in [6.07, 6.45) is 7.36. The number of carbonyl (C=O) groups excluding carboxylic acids is 1. The molecule has 2 rings (SSSR count). The van der Waals surface area contributed by atoms with E-state index in [0.717, 1.165) is 25.2 Å². The molecule has 2 aliphatic rings. The molecule has 0 saturated heterocycles. The minimum Gasteiger partial charge on any atom is -0.300 e. The van der Waals surface area contributed by atoms with Crippen molar-refractivity contribution >= 4 is 5.78 Å². The maximum atomic E-state index is 11.4. The highest BCUT2D eigenvalue weighted by molar-refractivity contribution is 5.82. The van der Waals surface area contributed by atoms with Crippen LogP contribution in [0.15, 0.2) is 12.7 Å². The molecule has 0 bridgehead atoms. The van der Waals surface area contributed by atoms with E-state index in [2.05, 4.69) is 13.5 Å². The number of rotatable bonds is 2. The van der Waals surface area contributed by atoms with Gasteiger partial charge in [0, 0.05) is 12.8 Å². The van der Waals surface area contributed by atoms with Crippen molar-refractivity contribution in [3.63, 3.8) is 0 Å². The summed E-state index contributed by atoms with van der Waals surface area (Å²) in [6.45, 7) is 6.11. The van der Waals surface area contributed by atoms with Gasteiger partial charge in [-0.3, -0.25) is 4.79 Å². The highest BCUT2D eigenvalue weighted by Gasteiger charge is 2.51. The topological polar surface area (TPSA) is 17.1 Å². The molecule has 0 radical (unpaired) electrons. The van der Waals surface area contributed by atoms with Gasteiger partial charge in [0.2, 0.25) is 0 Å². The summed E-state index contributed by atoms with van der Waals surface area (Å²) in [4.78, 5) is 11.4. The molecule has 72 valence electrons. The van der Waals surface area contributed by atoms with Gasteiger partial charge in [-0.25, -0.2) is 0 Å². The lowest BCUT2D eigenvalue weighted by Crippen LogP contribution is -2.23. The zero-order valence-electron chi connectivity index (χ0n) is 8.38. The summed E-state index contributed by atoms with van der Waals surface area (Å²) in [5.74, 6) is 1.90. The van der Waals surface area contributed by atoms with Gasteiger partial charge < -0.3 is 0 Å². The first-order valence-corrected chi connectivity index (χ1v) is 5.29. The average Bonchev–Trinajstić information content (AvgIpc) is 2.47. The predicted octanol–water partition coefficient (Wildman–Crippen LogP) is 2.96. The Bertz CT molecular complexity index is 244. The Kier molecular flexibility index (Phi) is 2.05. The van der Waals surface area contributed by atoms with E-state index in [-0.39, 0.29) is 0 Å². The second-order valence-electron chi connectivity index (χ2n) is 4.92. The molecule has 2 aliphatic carbocycles. The number of hydrogen-bond donors (Lipinski definition) is 0. The standard InChI is InChI=1S/C12H18O/c1-3-4-9-5-6-10-7-11(13)8-12(9,10)2/h3,9-10H,1,4-8H2,2H3/t9-,10+,12+/m1/s1. The van der Waals surface area contributed by atoms with Crippen LogP contribution in [0.3, 0.4) is 0 Å². The number of carbonyl (C=O) groups is 1. The van der Waals surface area contributed by atoms with Gasteiger partial charge >= 0.3 is 0 Å². The lowest BCUT2D eigenvalue weighted by Gasteiger charge is -2.30. The Balaban J connectivity index is 2.17. The number of allylic oxidation sites excluding steroid dienone is 1. The lowest BCUT2D eigenvalue weighted by atomic mass is 9.74. The lowest BCUT2D eigenvalue weighted by molar-refractivity contribution is -0.118. The van der Waals surface area contributed by atoms with Crippen molar-refractivity contribution < 1.29 is 4.79 Å². The normalized spacial score (nSPS) is 43.6. The van der Waals surface area contributed by atoms with Crippen LogP contribution in [0, 0.1) is 17.3 Å². The van der Waals surface area contributed by atoms with Gasteiger partial charge in [0.25, 0.3) is 0 Å². The molecule has 0 aromatic heterocycles. The third kappa shape index (κ3) is 1.25. The maximum absolute atomic E-state index is 11.4. The molecule has 2 fully saturated rings. The number of ketones is 1. The van der Waals surface area contributed by atoms with Crippen LogP contribution >= 0.6 is 0 Å². The van der Waals surface area contributed by atoms with Crippen molar-refractivity contribution in [3.8, 4) is 0 Å². The molecule has 0 N–H and O–H groups in total. The van der Waals surface area contributed by atoms with Crippen molar-refractivity contribution in [2.24, 2.45) is 17.3 Å². The van der Waals surface area contributed by atoms with E-state index in [0.29, 0.717) is 17.1 Å².